The molecule has 1 atom stereocenters. The maximum absolute atomic E-state index is 13.5. The van der Waals surface area contributed by atoms with E-state index in [9.17, 15) is 4.79 Å². The molecule has 1 fully saturated rings. The summed E-state index contributed by atoms with van der Waals surface area (Å²) >= 11 is 0. The van der Waals surface area contributed by atoms with Gasteiger partial charge in [0.15, 0.2) is 5.82 Å². The summed E-state index contributed by atoms with van der Waals surface area (Å²) < 4.78 is 7.27. The smallest absolute Gasteiger partial charge is 0.253 e. The number of fused-ring (bicyclic) bond motifs is 1. The number of nitrogens with zero attached hydrogens (tertiary/aromatic N) is 6. The van der Waals surface area contributed by atoms with Crippen molar-refractivity contribution in [2.75, 3.05) is 38.2 Å². The van der Waals surface area contributed by atoms with Crippen molar-refractivity contribution < 1.29 is 4.74 Å². The van der Waals surface area contributed by atoms with Crippen molar-refractivity contribution >= 4 is 16.6 Å². The molecule has 4 aromatic rings. The largest absolute Gasteiger partial charge is 0.497 e. The van der Waals surface area contributed by atoms with Crippen molar-refractivity contribution in [3.63, 3.8) is 0 Å². The number of pyridine rings is 1. The molecule has 0 bridgehead atoms. The van der Waals surface area contributed by atoms with E-state index in [1.165, 1.54) is 16.8 Å². The van der Waals surface area contributed by atoms with E-state index in [1.807, 2.05) is 28.9 Å². The summed E-state index contributed by atoms with van der Waals surface area (Å²) in [5.41, 5.74) is 4.71. The zero-order valence-electron chi connectivity index (χ0n) is 22.4. The van der Waals surface area contributed by atoms with Crippen molar-refractivity contribution in [2.24, 2.45) is 0 Å². The van der Waals surface area contributed by atoms with E-state index >= 15 is 0 Å². The van der Waals surface area contributed by atoms with Crippen molar-refractivity contribution in [2.45, 2.75) is 46.2 Å². The lowest BCUT2D eigenvalue weighted by Gasteiger charge is -2.40. The molecule has 2 aromatic heterocycles. The number of piperazine rings is 1. The lowest BCUT2D eigenvalue weighted by molar-refractivity contribution is 0.190. The van der Waals surface area contributed by atoms with E-state index in [-0.39, 0.29) is 11.1 Å². The Morgan fingerprint density at radius 2 is 1.76 bits per heavy atom. The first-order chi connectivity index (χ1) is 17.7. The van der Waals surface area contributed by atoms with E-state index in [0.717, 1.165) is 42.8 Å². The minimum Gasteiger partial charge on any atom is -0.497 e. The molecule has 1 unspecified atom stereocenters. The number of ether oxygens (including phenoxy) is 1. The lowest BCUT2D eigenvalue weighted by Crippen LogP contribution is -2.49. The van der Waals surface area contributed by atoms with Crippen LogP contribution in [0.4, 0.5) is 5.69 Å². The number of methoxy groups -OCH3 is 1. The van der Waals surface area contributed by atoms with Crippen LogP contribution < -0.4 is 15.2 Å². The molecule has 9 heteroatoms. The molecule has 0 aliphatic carbocycles. The van der Waals surface area contributed by atoms with Gasteiger partial charge < -0.3 is 14.6 Å². The van der Waals surface area contributed by atoms with Gasteiger partial charge in [-0.15, -0.1) is 5.10 Å². The Bertz CT molecular complexity index is 1480. The number of aromatic amines is 1. The average Bonchev–Trinajstić information content (AvgIpc) is 3.36. The highest BCUT2D eigenvalue weighted by Crippen LogP contribution is 2.32. The summed E-state index contributed by atoms with van der Waals surface area (Å²) in [5, 5.41) is 13.7. The number of H-pyrrole nitrogens is 1. The first-order valence-corrected chi connectivity index (χ1v) is 12.7. The third-order valence-corrected chi connectivity index (χ3v) is 7.13. The van der Waals surface area contributed by atoms with Gasteiger partial charge in [-0.2, -0.15) is 0 Å². The summed E-state index contributed by atoms with van der Waals surface area (Å²) in [5.74, 6) is 1.41. The van der Waals surface area contributed by atoms with Gasteiger partial charge in [0.2, 0.25) is 0 Å². The molecule has 1 N–H and O–H groups in total. The van der Waals surface area contributed by atoms with E-state index in [1.54, 1.807) is 7.11 Å². The van der Waals surface area contributed by atoms with Crippen LogP contribution in [0, 0.1) is 13.8 Å². The number of hydrogen-bond donors (Lipinski definition) is 1. The summed E-state index contributed by atoms with van der Waals surface area (Å²) in [7, 11) is 1.64. The van der Waals surface area contributed by atoms with Crippen LogP contribution in [-0.4, -0.2) is 63.4 Å². The van der Waals surface area contributed by atoms with Crippen LogP contribution in [0.1, 0.15) is 49.3 Å². The van der Waals surface area contributed by atoms with Gasteiger partial charge in [0.25, 0.3) is 5.56 Å². The second-order valence-corrected chi connectivity index (χ2v) is 10.8. The first-order valence-electron chi connectivity index (χ1n) is 12.7. The molecule has 9 nitrogen and oxygen atoms in total. The number of hydrogen-bond acceptors (Lipinski definition) is 7. The average molecular weight is 502 g/mol. The molecule has 5 rings (SSSR count). The van der Waals surface area contributed by atoms with Crippen LogP contribution in [0.3, 0.4) is 0 Å². The Morgan fingerprint density at radius 1 is 1.00 bits per heavy atom. The third-order valence-electron chi connectivity index (χ3n) is 7.13. The van der Waals surface area contributed by atoms with Crippen LogP contribution in [0.25, 0.3) is 10.9 Å². The van der Waals surface area contributed by atoms with Gasteiger partial charge in [-0.05, 0) is 86.5 Å². The fourth-order valence-electron chi connectivity index (χ4n) is 5.15. The van der Waals surface area contributed by atoms with Gasteiger partial charge in [0.1, 0.15) is 11.8 Å². The predicted molar refractivity (Wildman–Crippen MR) is 145 cm³/mol. The zero-order chi connectivity index (χ0) is 26.3. The van der Waals surface area contributed by atoms with E-state index < -0.39 is 6.04 Å². The van der Waals surface area contributed by atoms with Crippen LogP contribution >= 0.6 is 0 Å². The minimum atomic E-state index is -0.394. The number of tetrazole rings is 1. The van der Waals surface area contributed by atoms with Crippen molar-refractivity contribution in [3.05, 3.63) is 75.3 Å². The van der Waals surface area contributed by atoms with Gasteiger partial charge in [-0.25, -0.2) is 4.68 Å². The Hall–Kier alpha value is -3.72. The Balaban J connectivity index is 1.56. The summed E-state index contributed by atoms with van der Waals surface area (Å²) in [4.78, 5) is 21.3. The molecular weight excluding hydrogens is 466 g/mol. The maximum Gasteiger partial charge on any atom is 0.253 e. The fraction of sp³-hybridized carbons (Fsp3) is 0.429. The fourth-order valence-corrected chi connectivity index (χ4v) is 5.15. The molecular formula is C28H35N7O2. The highest BCUT2D eigenvalue weighted by Gasteiger charge is 2.35. The third kappa shape index (κ3) is 4.83. The number of aryl methyl sites for hydroxylation is 2. The summed E-state index contributed by atoms with van der Waals surface area (Å²) in [6, 6.07) is 13.8. The van der Waals surface area contributed by atoms with Crippen molar-refractivity contribution in [3.8, 4) is 5.75 Å². The lowest BCUT2D eigenvalue weighted by atomic mass is 10.0. The van der Waals surface area contributed by atoms with Crippen LogP contribution in [0.2, 0.25) is 0 Å². The zero-order valence-corrected chi connectivity index (χ0v) is 22.4. The molecule has 1 aliphatic rings. The predicted octanol–water partition coefficient (Wildman–Crippen LogP) is 3.81. The van der Waals surface area contributed by atoms with Gasteiger partial charge in [0, 0.05) is 48.3 Å². The summed E-state index contributed by atoms with van der Waals surface area (Å²) in [6.45, 7) is 13.7. The summed E-state index contributed by atoms with van der Waals surface area (Å²) in [6.07, 6.45) is 0. The highest BCUT2D eigenvalue weighted by atomic mass is 16.5. The van der Waals surface area contributed by atoms with Gasteiger partial charge >= 0.3 is 0 Å². The topological polar surface area (TPSA) is 92.2 Å². The number of benzene rings is 2. The van der Waals surface area contributed by atoms with Gasteiger partial charge in [-0.3, -0.25) is 9.69 Å². The van der Waals surface area contributed by atoms with Crippen molar-refractivity contribution in [1.82, 2.24) is 30.1 Å². The monoisotopic (exact) mass is 501 g/mol. The van der Waals surface area contributed by atoms with Crippen LogP contribution in [0.15, 0.2) is 47.3 Å². The SMILES string of the molecule is COc1ccc2[nH]c(=O)c(C(c3nnnn3C(C)(C)C)N3CCN(c4cc(C)ccc4C)CC3)cc2c1. The van der Waals surface area contributed by atoms with E-state index in [2.05, 4.69) is 83.1 Å². The van der Waals surface area contributed by atoms with Gasteiger partial charge in [-0.1, -0.05) is 12.1 Å². The molecule has 37 heavy (non-hydrogen) atoms. The Labute approximate surface area is 217 Å². The number of rotatable bonds is 5. The van der Waals surface area contributed by atoms with E-state index in [4.69, 9.17) is 4.74 Å². The number of nitrogens with one attached hydrogen (secondary N) is 1. The van der Waals surface area contributed by atoms with Crippen molar-refractivity contribution in [1.29, 1.82) is 0 Å². The van der Waals surface area contributed by atoms with E-state index in [0.29, 0.717) is 11.4 Å². The molecule has 1 aliphatic heterocycles. The maximum atomic E-state index is 13.5. The van der Waals surface area contributed by atoms with Gasteiger partial charge in [0.05, 0.1) is 12.6 Å². The molecule has 194 valence electrons. The number of anilines is 1. The molecule has 0 amide bonds. The van der Waals surface area contributed by atoms with Crippen LogP contribution in [-0.2, 0) is 5.54 Å². The molecule has 2 aromatic carbocycles. The molecule has 0 spiro atoms. The second kappa shape index (κ2) is 9.63. The highest BCUT2D eigenvalue weighted by molar-refractivity contribution is 5.80. The first kappa shape index (κ1) is 25.0. The molecule has 0 radical (unpaired) electrons. The Morgan fingerprint density at radius 3 is 2.46 bits per heavy atom. The molecule has 1 saturated heterocycles. The molecule has 3 heterocycles. The Kier molecular flexibility index (Phi) is 6.49. The minimum absolute atomic E-state index is 0.136. The molecule has 0 saturated carbocycles. The normalized spacial score (nSPS) is 15.8. The van der Waals surface area contributed by atoms with Crippen LogP contribution in [0.5, 0.6) is 5.75 Å². The number of aromatic nitrogens is 5. The standard InChI is InChI=1S/C28H35N7O2/c1-18-7-8-19(2)24(15-18)33-11-13-34(14-12-33)25(26-30-31-32-35(26)28(3,4)5)22-17-20-16-21(37-6)9-10-23(20)29-27(22)36/h7-10,15-17,25H,11-14H2,1-6H3,(H,29,36). The quantitative estimate of drug-likeness (QED) is 0.445. The second-order valence-electron chi connectivity index (χ2n) is 10.8.